The maximum atomic E-state index is 10.2. The Morgan fingerprint density at radius 3 is 2.79 bits per heavy atom. The molecular formula is C18H20ClN5O4. The van der Waals surface area contributed by atoms with Crippen LogP contribution in [0.2, 0.25) is 5.15 Å². The van der Waals surface area contributed by atoms with E-state index in [0.717, 1.165) is 0 Å². The van der Waals surface area contributed by atoms with Crippen molar-refractivity contribution in [1.82, 2.24) is 15.0 Å². The molecule has 0 aliphatic heterocycles. The zero-order chi connectivity index (χ0) is 20.3. The second kappa shape index (κ2) is 8.58. The highest BCUT2D eigenvalue weighted by Gasteiger charge is 2.41. The number of pyridine rings is 1. The fraction of sp³-hybridized carbons (Fsp3) is 0.389. The van der Waals surface area contributed by atoms with Gasteiger partial charge in [0.25, 0.3) is 0 Å². The minimum absolute atomic E-state index is 0.0390. The number of nitrogens with two attached hydrogens (primary N) is 1. The fourth-order valence-corrected chi connectivity index (χ4v) is 3.29. The van der Waals surface area contributed by atoms with E-state index in [0.29, 0.717) is 17.9 Å². The molecule has 1 aliphatic rings. The molecule has 0 bridgehead atoms. The van der Waals surface area contributed by atoms with Crippen molar-refractivity contribution in [2.24, 2.45) is 5.92 Å². The number of aliphatic hydroxyl groups is 3. The average molecular weight is 406 g/mol. The van der Waals surface area contributed by atoms with Gasteiger partial charge in [0.2, 0.25) is 11.8 Å². The van der Waals surface area contributed by atoms with E-state index in [9.17, 15) is 15.3 Å². The van der Waals surface area contributed by atoms with E-state index < -0.39 is 24.2 Å². The first-order chi connectivity index (χ1) is 13.4. The third-order valence-electron chi connectivity index (χ3n) is 4.53. The van der Waals surface area contributed by atoms with Crippen LogP contribution >= 0.6 is 11.6 Å². The van der Waals surface area contributed by atoms with E-state index in [4.69, 9.17) is 22.1 Å². The summed E-state index contributed by atoms with van der Waals surface area (Å²) >= 11 is 6.21. The third-order valence-corrected chi connectivity index (χ3v) is 4.80. The van der Waals surface area contributed by atoms with Gasteiger partial charge in [-0.1, -0.05) is 23.4 Å². The molecule has 3 rings (SSSR count). The molecule has 0 spiro atoms. The van der Waals surface area contributed by atoms with Gasteiger partial charge in [-0.3, -0.25) is 0 Å². The van der Waals surface area contributed by atoms with Crippen molar-refractivity contribution >= 4 is 23.4 Å². The van der Waals surface area contributed by atoms with Crippen LogP contribution in [0.3, 0.4) is 0 Å². The topological polar surface area (TPSA) is 147 Å². The molecule has 10 heteroatoms. The van der Waals surface area contributed by atoms with Crippen molar-refractivity contribution < 1.29 is 20.1 Å². The van der Waals surface area contributed by atoms with Crippen LogP contribution in [-0.4, -0.2) is 62.2 Å². The van der Waals surface area contributed by atoms with Gasteiger partial charge in [0, 0.05) is 18.7 Å². The molecule has 2 aromatic heterocycles. The van der Waals surface area contributed by atoms with Gasteiger partial charge in [0.15, 0.2) is 5.15 Å². The summed E-state index contributed by atoms with van der Waals surface area (Å²) in [5.41, 5.74) is 6.51. The second-order valence-corrected chi connectivity index (χ2v) is 6.67. The number of rotatable bonds is 4. The van der Waals surface area contributed by atoms with Crippen molar-refractivity contribution in [2.45, 2.75) is 24.7 Å². The van der Waals surface area contributed by atoms with Crippen LogP contribution < -0.4 is 15.8 Å². The first-order valence-corrected chi connectivity index (χ1v) is 8.90. The van der Waals surface area contributed by atoms with E-state index >= 15 is 0 Å². The monoisotopic (exact) mass is 405 g/mol. The highest BCUT2D eigenvalue weighted by molar-refractivity contribution is 6.31. The minimum atomic E-state index is -1.09. The van der Waals surface area contributed by atoms with Crippen LogP contribution in [0.4, 0.5) is 11.8 Å². The summed E-state index contributed by atoms with van der Waals surface area (Å²) < 4.78 is 5.17. The van der Waals surface area contributed by atoms with Gasteiger partial charge in [-0.05, 0) is 18.6 Å². The highest BCUT2D eigenvalue weighted by atomic mass is 35.5. The van der Waals surface area contributed by atoms with Crippen LogP contribution in [-0.2, 0) is 0 Å². The van der Waals surface area contributed by atoms with Crippen molar-refractivity contribution in [3.63, 3.8) is 0 Å². The predicted molar refractivity (Wildman–Crippen MR) is 103 cm³/mol. The molecule has 1 fully saturated rings. The number of nitrogen functional groups attached to an aromatic ring is 1. The van der Waals surface area contributed by atoms with Crippen LogP contribution in [0.25, 0.3) is 0 Å². The number of ether oxygens (including phenoxy) is 1. The number of nitrogens with one attached hydrogen (secondary N) is 1. The molecule has 4 unspecified atom stereocenters. The molecule has 0 aromatic carbocycles. The Labute approximate surface area is 166 Å². The third kappa shape index (κ3) is 4.10. The number of nitrogens with zero attached hydrogens (tertiary/aromatic N) is 3. The van der Waals surface area contributed by atoms with E-state index in [1.165, 1.54) is 7.11 Å². The lowest BCUT2D eigenvalue weighted by Gasteiger charge is -2.19. The normalized spacial score (nSPS) is 23.8. The van der Waals surface area contributed by atoms with Crippen molar-refractivity contribution in [2.75, 3.05) is 24.8 Å². The molecule has 0 saturated heterocycles. The SMILES string of the molecule is COc1ncccc1C#Cc1c(Cl)nc(N)nc1NC1CC(CO)C(O)C1O. The molecule has 28 heavy (non-hydrogen) atoms. The van der Waals surface area contributed by atoms with Gasteiger partial charge in [-0.25, -0.2) is 4.98 Å². The number of aliphatic hydroxyl groups excluding tert-OH is 3. The van der Waals surface area contributed by atoms with Crippen molar-refractivity contribution in [1.29, 1.82) is 0 Å². The summed E-state index contributed by atoms with van der Waals surface area (Å²) in [5, 5.41) is 32.6. The molecular weight excluding hydrogens is 386 g/mol. The summed E-state index contributed by atoms with van der Waals surface area (Å²) in [6, 6.07) is 2.89. The largest absolute Gasteiger partial charge is 0.480 e. The smallest absolute Gasteiger partial charge is 0.229 e. The predicted octanol–water partition coefficient (Wildman–Crippen LogP) is 0.0301. The lowest BCUT2D eigenvalue weighted by Crippen LogP contribution is -2.35. The summed E-state index contributed by atoms with van der Waals surface area (Å²) in [7, 11) is 1.49. The standard InChI is InChI=1S/C18H20ClN5O4/c1-28-17-9(3-2-6-21-17)4-5-11-15(19)23-18(20)24-16(11)22-12-7-10(8-25)13(26)14(12)27/h2-3,6,10,12-14,25-27H,7-8H2,1H3,(H3,20,22,23,24). The Balaban J connectivity index is 1.95. The first kappa shape index (κ1) is 20.1. The van der Waals surface area contributed by atoms with Gasteiger partial charge in [0.05, 0.1) is 24.8 Å². The van der Waals surface area contributed by atoms with E-state index in [1.807, 2.05) is 0 Å². The first-order valence-electron chi connectivity index (χ1n) is 8.52. The molecule has 0 amide bonds. The number of hydrogen-bond donors (Lipinski definition) is 5. The van der Waals surface area contributed by atoms with E-state index in [1.54, 1.807) is 18.3 Å². The van der Waals surface area contributed by atoms with E-state index in [2.05, 4.69) is 32.1 Å². The number of anilines is 2. The Morgan fingerprint density at radius 1 is 1.32 bits per heavy atom. The molecule has 0 radical (unpaired) electrons. The Kier molecular flexibility index (Phi) is 6.16. The quantitative estimate of drug-likeness (QED) is 0.351. The summed E-state index contributed by atoms with van der Waals surface area (Å²) in [6.45, 7) is -0.240. The van der Waals surface area contributed by atoms with Gasteiger partial charge < -0.3 is 31.1 Å². The van der Waals surface area contributed by atoms with Crippen LogP contribution in [0.5, 0.6) is 5.88 Å². The molecule has 1 saturated carbocycles. The van der Waals surface area contributed by atoms with Crippen molar-refractivity contribution in [3.05, 3.63) is 34.6 Å². The zero-order valence-electron chi connectivity index (χ0n) is 15.0. The summed E-state index contributed by atoms with van der Waals surface area (Å²) in [4.78, 5) is 12.1. The zero-order valence-corrected chi connectivity index (χ0v) is 15.8. The van der Waals surface area contributed by atoms with E-state index in [-0.39, 0.29) is 29.1 Å². The maximum Gasteiger partial charge on any atom is 0.229 e. The average Bonchev–Trinajstić information content (AvgIpc) is 2.95. The second-order valence-electron chi connectivity index (χ2n) is 6.32. The van der Waals surface area contributed by atoms with Crippen LogP contribution in [0, 0.1) is 17.8 Å². The van der Waals surface area contributed by atoms with Gasteiger partial charge in [-0.15, -0.1) is 0 Å². The van der Waals surface area contributed by atoms with Crippen molar-refractivity contribution in [3.8, 4) is 17.7 Å². The summed E-state index contributed by atoms with van der Waals surface area (Å²) in [6.07, 6.45) is -0.220. The number of halogens is 1. The lowest BCUT2D eigenvalue weighted by atomic mass is 10.1. The molecule has 148 valence electrons. The molecule has 2 aromatic rings. The Bertz CT molecular complexity index is 917. The number of aromatic nitrogens is 3. The molecule has 1 aliphatic carbocycles. The Hall–Kier alpha value is -2.64. The summed E-state index contributed by atoms with van der Waals surface area (Å²) in [5.74, 6) is 5.87. The lowest BCUT2D eigenvalue weighted by molar-refractivity contribution is 0.00445. The Morgan fingerprint density at radius 2 is 2.11 bits per heavy atom. The molecule has 9 nitrogen and oxygen atoms in total. The number of methoxy groups -OCH3 is 1. The van der Waals surface area contributed by atoms with Gasteiger partial charge >= 0.3 is 0 Å². The van der Waals surface area contributed by atoms with Gasteiger partial charge in [0.1, 0.15) is 17.5 Å². The highest BCUT2D eigenvalue weighted by Crippen LogP contribution is 2.30. The minimum Gasteiger partial charge on any atom is -0.480 e. The van der Waals surface area contributed by atoms with Gasteiger partial charge in [-0.2, -0.15) is 9.97 Å². The van der Waals surface area contributed by atoms with Crippen LogP contribution in [0.15, 0.2) is 18.3 Å². The molecule has 6 N–H and O–H groups in total. The fourth-order valence-electron chi connectivity index (χ4n) is 3.07. The molecule has 2 heterocycles. The molecule has 4 atom stereocenters. The van der Waals surface area contributed by atoms with Crippen LogP contribution in [0.1, 0.15) is 17.5 Å². The maximum absolute atomic E-state index is 10.2. The number of hydrogen-bond acceptors (Lipinski definition) is 9.